The average molecular weight is 295 g/mol. The highest BCUT2D eigenvalue weighted by atomic mass is 32.2. The molecular formula is C17H29NOS. The van der Waals surface area contributed by atoms with Crippen molar-refractivity contribution >= 4 is 11.8 Å². The standard InChI is InChI=1S/C17H29NOS/c1-13(16(12-19)20-5)18-15(11-17(2,3)4)14-9-7-6-8-10-14/h6-10,13,15-16,18-19H,11-12H2,1-5H3. The van der Waals surface area contributed by atoms with Gasteiger partial charge < -0.3 is 10.4 Å². The maximum Gasteiger partial charge on any atom is 0.0564 e. The summed E-state index contributed by atoms with van der Waals surface area (Å²) in [6, 6.07) is 11.2. The molecule has 0 saturated heterocycles. The molecule has 0 amide bonds. The van der Waals surface area contributed by atoms with Crippen molar-refractivity contribution in [2.75, 3.05) is 12.9 Å². The summed E-state index contributed by atoms with van der Waals surface area (Å²) in [6.45, 7) is 9.19. The van der Waals surface area contributed by atoms with Crippen LogP contribution in [0.15, 0.2) is 30.3 Å². The fraction of sp³-hybridized carbons (Fsp3) is 0.647. The molecule has 3 atom stereocenters. The number of hydrogen-bond donors (Lipinski definition) is 2. The minimum atomic E-state index is 0.215. The molecule has 3 unspecified atom stereocenters. The lowest BCUT2D eigenvalue weighted by molar-refractivity contribution is 0.253. The molecular weight excluding hydrogens is 266 g/mol. The van der Waals surface area contributed by atoms with Crippen LogP contribution >= 0.6 is 11.8 Å². The first-order valence-corrected chi connectivity index (χ1v) is 8.61. The summed E-state index contributed by atoms with van der Waals surface area (Å²) in [7, 11) is 0. The Kier molecular flexibility index (Phi) is 7.07. The fourth-order valence-electron chi connectivity index (χ4n) is 2.43. The number of nitrogens with one attached hydrogen (secondary N) is 1. The van der Waals surface area contributed by atoms with E-state index in [4.69, 9.17) is 0 Å². The molecule has 2 nitrogen and oxygen atoms in total. The molecule has 0 fully saturated rings. The summed E-state index contributed by atoms with van der Waals surface area (Å²) >= 11 is 1.72. The van der Waals surface area contributed by atoms with Gasteiger partial charge in [-0.05, 0) is 30.6 Å². The van der Waals surface area contributed by atoms with Crippen LogP contribution in [0, 0.1) is 5.41 Å². The van der Waals surface area contributed by atoms with Gasteiger partial charge in [0.15, 0.2) is 0 Å². The van der Waals surface area contributed by atoms with E-state index >= 15 is 0 Å². The van der Waals surface area contributed by atoms with Crippen LogP contribution < -0.4 is 5.32 Å². The van der Waals surface area contributed by atoms with Gasteiger partial charge in [-0.25, -0.2) is 0 Å². The van der Waals surface area contributed by atoms with E-state index in [-0.39, 0.29) is 23.3 Å². The predicted molar refractivity (Wildman–Crippen MR) is 90.2 cm³/mol. The number of aliphatic hydroxyl groups excluding tert-OH is 1. The van der Waals surface area contributed by atoms with Gasteiger partial charge in [0.1, 0.15) is 0 Å². The Hall–Kier alpha value is -0.510. The van der Waals surface area contributed by atoms with Crippen molar-refractivity contribution < 1.29 is 5.11 Å². The first kappa shape index (κ1) is 17.5. The molecule has 0 heterocycles. The van der Waals surface area contributed by atoms with Gasteiger partial charge in [-0.1, -0.05) is 51.1 Å². The summed E-state index contributed by atoms with van der Waals surface area (Å²) in [5.41, 5.74) is 1.59. The topological polar surface area (TPSA) is 32.3 Å². The van der Waals surface area contributed by atoms with Crippen LogP contribution in [0.3, 0.4) is 0 Å². The lowest BCUT2D eigenvalue weighted by Crippen LogP contribution is -2.40. The molecule has 0 bridgehead atoms. The van der Waals surface area contributed by atoms with Crippen molar-refractivity contribution in [2.24, 2.45) is 5.41 Å². The summed E-state index contributed by atoms with van der Waals surface area (Å²) in [6.07, 6.45) is 3.13. The zero-order valence-corrected chi connectivity index (χ0v) is 14.2. The fourth-order valence-corrected chi connectivity index (χ4v) is 3.07. The smallest absolute Gasteiger partial charge is 0.0564 e. The summed E-state index contributed by atoms with van der Waals surface area (Å²) in [5, 5.41) is 13.4. The Morgan fingerprint density at radius 3 is 2.25 bits per heavy atom. The second-order valence-corrected chi connectivity index (χ2v) is 7.72. The van der Waals surface area contributed by atoms with Gasteiger partial charge in [0.2, 0.25) is 0 Å². The van der Waals surface area contributed by atoms with Gasteiger partial charge in [-0.15, -0.1) is 0 Å². The average Bonchev–Trinajstić information content (AvgIpc) is 2.39. The first-order chi connectivity index (χ1) is 9.37. The minimum Gasteiger partial charge on any atom is -0.395 e. The summed E-state index contributed by atoms with van der Waals surface area (Å²) in [4.78, 5) is 0. The second kappa shape index (κ2) is 8.06. The van der Waals surface area contributed by atoms with Crippen molar-refractivity contribution in [3.8, 4) is 0 Å². The van der Waals surface area contributed by atoms with E-state index < -0.39 is 0 Å². The first-order valence-electron chi connectivity index (χ1n) is 7.32. The van der Waals surface area contributed by atoms with E-state index in [2.05, 4.69) is 69.6 Å². The lowest BCUT2D eigenvalue weighted by Gasteiger charge is -2.32. The number of hydrogen-bond acceptors (Lipinski definition) is 3. The number of aliphatic hydroxyl groups is 1. The van der Waals surface area contributed by atoms with Gasteiger partial charge in [-0.2, -0.15) is 11.8 Å². The normalized spacial score (nSPS) is 16.7. The van der Waals surface area contributed by atoms with E-state index in [0.717, 1.165) is 6.42 Å². The van der Waals surface area contributed by atoms with Crippen LogP contribution in [0.25, 0.3) is 0 Å². The molecule has 1 rings (SSSR count). The molecule has 0 radical (unpaired) electrons. The van der Waals surface area contributed by atoms with Gasteiger partial charge in [0.25, 0.3) is 0 Å². The molecule has 2 N–H and O–H groups in total. The lowest BCUT2D eigenvalue weighted by atomic mass is 9.85. The highest BCUT2D eigenvalue weighted by Gasteiger charge is 2.24. The highest BCUT2D eigenvalue weighted by molar-refractivity contribution is 7.99. The molecule has 0 aromatic heterocycles. The molecule has 0 saturated carbocycles. The zero-order chi connectivity index (χ0) is 15.2. The molecule has 0 aliphatic carbocycles. The van der Waals surface area contributed by atoms with Gasteiger partial charge in [0, 0.05) is 17.3 Å². The Morgan fingerprint density at radius 2 is 1.80 bits per heavy atom. The third-order valence-electron chi connectivity index (χ3n) is 3.52. The number of thioether (sulfide) groups is 1. The van der Waals surface area contributed by atoms with Crippen LogP contribution in [0.4, 0.5) is 0 Å². The molecule has 20 heavy (non-hydrogen) atoms. The quantitative estimate of drug-likeness (QED) is 0.801. The number of rotatable bonds is 7. The molecule has 0 spiro atoms. The molecule has 114 valence electrons. The van der Waals surface area contributed by atoms with Gasteiger partial charge in [-0.3, -0.25) is 0 Å². The Bertz CT molecular complexity index is 370. The van der Waals surface area contributed by atoms with Crippen LogP contribution in [0.5, 0.6) is 0 Å². The van der Waals surface area contributed by atoms with Gasteiger partial charge in [0.05, 0.1) is 6.61 Å². The SMILES string of the molecule is CSC(CO)C(C)NC(CC(C)(C)C)c1ccccc1. The molecule has 0 aliphatic heterocycles. The van der Waals surface area contributed by atoms with Crippen molar-refractivity contribution in [3.63, 3.8) is 0 Å². The van der Waals surface area contributed by atoms with Crippen molar-refractivity contribution in [2.45, 2.75) is 51.4 Å². The molecule has 1 aromatic rings. The zero-order valence-electron chi connectivity index (χ0n) is 13.4. The summed E-state index contributed by atoms with van der Waals surface area (Å²) in [5.74, 6) is 0. The molecule has 1 aromatic carbocycles. The minimum absolute atomic E-state index is 0.215. The second-order valence-electron chi connectivity index (χ2n) is 6.64. The maximum absolute atomic E-state index is 9.45. The van der Waals surface area contributed by atoms with Crippen LogP contribution in [-0.4, -0.2) is 29.3 Å². The largest absolute Gasteiger partial charge is 0.395 e. The van der Waals surface area contributed by atoms with E-state index in [1.807, 2.05) is 0 Å². The van der Waals surface area contributed by atoms with Crippen molar-refractivity contribution in [3.05, 3.63) is 35.9 Å². The maximum atomic E-state index is 9.45. The summed E-state index contributed by atoms with van der Waals surface area (Å²) < 4.78 is 0. The third kappa shape index (κ3) is 5.86. The highest BCUT2D eigenvalue weighted by Crippen LogP contribution is 2.30. The Balaban J connectivity index is 2.83. The van der Waals surface area contributed by atoms with E-state index in [0.29, 0.717) is 6.04 Å². The molecule has 3 heteroatoms. The number of benzene rings is 1. The predicted octanol–water partition coefficient (Wildman–Crippen LogP) is 3.87. The van der Waals surface area contributed by atoms with Crippen LogP contribution in [0.1, 0.15) is 45.7 Å². The Morgan fingerprint density at radius 1 is 1.20 bits per heavy atom. The van der Waals surface area contributed by atoms with Gasteiger partial charge >= 0.3 is 0 Å². The Labute approximate surface area is 128 Å². The third-order valence-corrected chi connectivity index (χ3v) is 4.69. The molecule has 0 aliphatic rings. The van der Waals surface area contributed by atoms with Crippen molar-refractivity contribution in [1.82, 2.24) is 5.32 Å². The van der Waals surface area contributed by atoms with Crippen LogP contribution in [0.2, 0.25) is 0 Å². The van der Waals surface area contributed by atoms with Crippen LogP contribution in [-0.2, 0) is 0 Å². The van der Waals surface area contributed by atoms with Crippen molar-refractivity contribution in [1.29, 1.82) is 0 Å². The van der Waals surface area contributed by atoms with E-state index in [1.54, 1.807) is 11.8 Å². The van der Waals surface area contributed by atoms with E-state index in [9.17, 15) is 5.11 Å². The van der Waals surface area contributed by atoms with E-state index in [1.165, 1.54) is 5.56 Å². The monoisotopic (exact) mass is 295 g/mol.